The molecule has 1 fully saturated rings. The Hall–Kier alpha value is -0.660. The Morgan fingerprint density at radius 3 is 2.70 bits per heavy atom. The van der Waals surface area contributed by atoms with Crippen LogP contribution >= 0.6 is 11.3 Å². The highest BCUT2D eigenvalue weighted by Crippen LogP contribution is 2.23. The van der Waals surface area contributed by atoms with Crippen molar-refractivity contribution in [2.75, 3.05) is 17.0 Å². The summed E-state index contributed by atoms with van der Waals surface area (Å²) >= 11 is 1.41. The zero-order valence-electron chi connectivity index (χ0n) is 12.1. The number of thiazole rings is 1. The minimum atomic E-state index is -3.26. The maximum atomic E-state index is 12.0. The molecule has 114 valence electrons. The van der Waals surface area contributed by atoms with Crippen molar-refractivity contribution in [3.05, 3.63) is 10.6 Å². The lowest BCUT2D eigenvalue weighted by Crippen LogP contribution is -2.20. The van der Waals surface area contributed by atoms with Gasteiger partial charge in [-0.25, -0.2) is 13.4 Å². The molecule has 0 saturated heterocycles. The number of anilines is 1. The van der Waals surface area contributed by atoms with Crippen LogP contribution in [-0.4, -0.2) is 31.7 Å². The maximum Gasteiger partial charge on any atom is 0.234 e. The number of aryl methyl sites for hydroxylation is 2. The van der Waals surface area contributed by atoms with E-state index >= 15 is 0 Å². The molecule has 7 heteroatoms. The van der Waals surface area contributed by atoms with Crippen LogP contribution in [0.25, 0.3) is 0 Å². The summed E-state index contributed by atoms with van der Waals surface area (Å²) in [6, 6.07) is 0.690. The lowest BCUT2D eigenvalue weighted by molar-refractivity contribution is 0.591. The van der Waals surface area contributed by atoms with Gasteiger partial charge in [-0.15, -0.1) is 11.3 Å². The molecule has 20 heavy (non-hydrogen) atoms. The molecule has 0 radical (unpaired) electrons. The van der Waals surface area contributed by atoms with Crippen molar-refractivity contribution in [3.8, 4) is 0 Å². The monoisotopic (exact) mass is 317 g/mol. The van der Waals surface area contributed by atoms with E-state index in [2.05, 4.69) is 15.0 Å². The van der Waals surface area contributed by atoms with E-state index in [0.29, 0.717) is 17.6 Å². The summed E-state index contributed by atoms with van der Waals surface area (Å²) in [5.41, 5.74) is 0.973. The van der Waals surface area contributed by atoms with Crippen molar-refractivity contribution in [3.63, 3.8) is 0 Å². The Morgan fingerprint density at radius 1 is 1.35 bits per heavy atom. The number of nitrogens with one attached hydrogen (secondary N) is 2. The highest BCUT2D eigenvalue weighted by molar-refractivity contribution is 7.92. The van der Waals surface area contributed by atoms with Crippen LogP contribution in [0.1, 0.15) is 43.2 Å². The molecule has 1 saturated carbocycles. The van der Waals surface area contributed by atoms with E-state index in [1.807, 2.05) is 13.8 Å². The van der Waals surface area contributed by atoms with E-state index in [1.54, 1.807) is 0 Å². The average molecular weight is 317 g/mol. The topological polar surface area (TPSA) is 71.1 Å². The summed E-state index contributed by atoms with van der Waals surface area (Å²) in [4.78, 5) is 5.39. The molecule has 0 bridgehead atoms. The Balaban J connectivity index is 1.74. The molecule has 1 aromatic heterocycles. The van der Waals surface area contributed by atoms with E-state index in [9.17, 15) is 8.42 Å². The molecule has 0 spiro atoms. The molecule has 0 unspecified atom stereocenters. The molecule has 2 N–H and O–H groups in total. The van der Waals surface area contributed by atoms with Crippen molar-refractivity contribution in [2.45, 2.75) is 52.0 Å². The second-order valence-electron chi connectivity index (χ2n) is 5.23. The molecule has 0 aromatic carbocycles. The summed E-state index contributed by atoms with van der Waals surface area (Å²) in [7, 11) is -3.26. The molecule has 1 aliphatic carbocycles. The van der Waals surface area contributed by atoms with Crippen LogP contribution in [0, 0.1) is 6.92 Å². The molecule has 5 nitrogen and oxygen atoms in total. The molecule has 0 amide bonds. The number of nitrogens with zero attached hydrogens (tertiary/aromatic N) is 1. The van der Waals surface area contributed by atoms with Gasteiger partial charge < -0.3 is 5.32 Å². The van der Waals surface area contributed by atoms with Crippen molar-refractivity contribution < 1.29 is 8.42 Å². The first-order valence-corrected chi connectivity index (χ1v) is 9.67. The molecule has 1 heterocycles. The Labute approximate surface area is 125 Å². The van der Waals surface area contributed by atoms with Crippen LogP contribution in [0.15, 0.2) is 0 Å². The first-order chi connectivity index (χ1) is 9.50. The molecule has 1 aromatic rings. The average Bonchev–Trinajstić information content (AvgIpc) is 3.12. The molecule has 0 aliphatic heterocycles. The highest BCUT2D eigenvalue weighted by Gasteiger charge is 2.19. The Bertz CT molecular complexity index is 536. The van der Waals surface area contributed by atoms with Crippen LogP contribution < -0.4 is 10.0 Å². The standard InChI is InChI=1S/C13H23N3O2S2/c1-3-12-10(2)19-13(15-12)16-20(17,18)9-5-4-8-14-11-6-7-11/h11,14H,3-9H2,1-2H3,(H,15,16). The van der Waals surface area contributed by atoms with Crippen molar-refractivity contribution >= 4 is 26.5 Å². The Morgan fingerprint density at radius 2 is 2.10 bits per heavy atom. The van der Waals surface area contributed by atoms with E-state index in [1.165, 1.54) is 24.2 Å². The summed E-state index contributed by atoms with van der Waals surface area (Å²) < 4.78 is 26.5. The minimum absolute atomic E-state index is 0.166. The van der Waals surface area contributed by atoms with Crippen LogP contribution in [0.3, 0.4) is 0 Å². The minimum Gasteiger partial charge on any atom is -0.314 e. The van der Waals surface area contributed by atoms with Crippen molar-refractivity contribution in [2.24, 2.45) is 0 Å². The SMILES string of the molecule is CCc1nc(NS(=O)(=O)CCCCNC2CC2)sc1C. The van der Waals surface area contributed by atoms with Gasteiger partial charge in [0.2, 0.25) is 10.0 Å². The normalized spacial score (nSPS) is 15.5. The third-order valence-corrected chi connectivity index (χ3v) is 5.71. The summed E-state index contributed by atoms with van der Waals surface area (Å²) in [5.74, 6) is 0.166. The van der Waals surface area contributed by atoms with Gasteiger partial charge in [0, 0.05) is 10.9 Å². The first-order valence-electron chi connectivity index (χ1n) is 7.20. The molecule has 1 aliphatic rings. The van der Waals surface area contributed by atoms with Gasteiger partial charge in [-0.3, -0.25) is 4.72 Å². The third-order valence-electron chi connectivity index (χ3n) is 3.32. The van der Waals surface area contributed by atoms with Gasteiger partial charge in [0.15, 0.2) is 5.13 Å². The van der Waals surface area contributed by atoms with Gasteiger partial charge in [0.1, 0.15) is 0 Å². The summed E-state index contributed by atoms with van der Waals surface area (Å²) in [5, 5.41) is 3.88. The lowest BCUT2D eigenvalue weighted by atomic mass is 10.3. The summed E-state index contributed by atoms with van der Waals surface area (Å²) in [6.45, 7) is 4.90. The van der Waals surface area contributed by atoms with E-state index < -0.39 is 10.0 Å². The fraction of sp³-hybridized carbons (Fsp3) is 0.769. The third kappa shape index (κ3) is 5.03. The second kappa shape index (κ2) is 6.87. The second-order valence-corrected chi connectivity index (χ2v) is 8.28. The van der Waals surface area contributed by atoms with Gasteiger partial charge in [0.05, 0.1) is 11.4 Å². The fourth-order valence-electron chi connectivity index (χ4n) is 1.99. The number of unbranched alkanes of at least 4 members (excludes halogenated alkanes) is 1. The van der Waals surface area contributed by atoms with Gasteiger partial charge in [0.25, 0.3) is 0 Å². The van der Waals surface area contributed by atoms with Crippen LogP contribution in [0.5, 0.6) is 0 Å². The zero-order chi connectivity index (χ0) is 14.6. The van der Waals surface area contributed by atoms with E-state index in [0.717, 1.165) is 30.0 Å². The van der Waals surface area contributed by atoms with Crippen molar-refractivity contribution in [1.29, 1.82) is 0 Å². The number of sulfonamides is 1. The van der Waals surface area contributed by atoms with E-state index in [-0.39, 0.29) is 5.75 Å². The molecule has 2 rings (SSSR count). The first kappa shape index (κ1) is 15.7. The largest absolute Gasteiger partial charge is 0.314 e. The number of hydrogen-bond donors (Lipinski definition) is 2. The predicted molar refractivity (Wildman–Crippen MR) is 83.9 cm³/mol. The van der Waals surface area contributed by atoms with Crippen LogP contribution in [-0.2, 0) is 16.4 Å². The van der Waals surface area contributed by atoms with Gasteiger partial charge in [-0.05, 0) is 45.6 Å². The Kier molecular flexibility index (Phi) is 5.40. The van der Waals surface area contributed by atoms with Crippen LogP contribution in [0.4, 0.5) is 5.13 Å². The summed E-state index contributed by atoms with van der Waals surface area (Å²) in [6.07, 6.45) is 4.94. The van der Waals surface area contributed by atoms with Gasteiger partial charge in [-0.1, -0.05) is 6.92 Å². The van der Waals surface area contributed by atoms with Crippen molar-refractivity contribution in [1.82, 2.24) is 10.3 Å². The smallest absolute Gasteiger partial charge is 0.234 e. The number of rotatable bonds is 9. The number of aromatic nitrogens is 1. The van der Waals surface area contributed by atoms with E-state index in [4.69, 9.17) is 0 Å². The molecule has 0 atom stereocenters. The van der Waals surface area contributed by atoms with Gasteiger partial charge >= 0.3 is 0 Å². The molecular weight excluding hydrogens is 294 g/mol. The maximum absolute atomic E-state index is 12.0. The lowest BCUT2D eigenvalue weighted by Gasteiger charge is -2.05. The van der Waals surface area contributed by atoms with Gasteiger partial charge in [-0.2, -0.15) is 0 Å². The predicted octanol–water partition coefficient (Wildman–Crippen LogP) is 2.29. The zero-order valence-corrected chi connectivity index (χ0v) is 13.7. The quantitative estimate of drug-likeness (QED) is 0.686. The fourth-order valence-corrected chi connectivity index (χ4v) is 4.29. The molecular formula is C13H23N3O2S2. The number of hydrogen-bond acceptors (Lipinski definition) is 5. The van der Waals surface area contributed by atoms with Crippen LogP contribution in [0.2, 0.25) is 0 Å². The highest BCUT2D eigenvalue weighted by atomic mass is 32.2.